The molecule has 0 spiro atoms. The van der Waals surface area contributed by atoms with Gasteiger partial charge in [-0.3, -0.25) is 0 Å². The summed E-state index contributed by atoms with van der Waals surface area (Å²) in [5.41, 5.74) is -0.727. The Morgan fingerprint density at radius 1 is 1.06 bits per heavy atom. The van der Waals surface area contributed by atoms with Crippen molar-refractivity contribution in [1.29, 1.82) is 0 Å². The second-order valence-corrected chi connectivity index (χ2v) is 3.68. The molecule has 17 heavy (non-hydrogen) atoms. The fraction of sp³-hybridized carbons (Fsp3) is 0.333. The average molecular weight is 238 g/mol. The highest BCUT2D eigenvalue weighted by atomic mass is 16.4. The summed E-state index contributed by atoms with van der Waals surface area (Å²) in [6.45, 7) is 3.38. The number of carboxylic acids is 2. The minimum Gasteiger partial charge on any atom is -0.545 e. The zero-order valence-corrected chi connectivity index (χ0v) is 10.1. The van der Waals surface area contributed by atoms with Gasteiger partial charge in [-0.05, 0) is 6.92 Å². The Bertz CT molecular complexity index is 355. The summed E-state index contributed by atoms with van der Waals surface area (Å²) in [4.78, 5) is 22.2. The van der Waals surface area contributed by atoms with Crippen molar-refractivity contribution in [2.75, 3.05) is 20.6 Å². The molecule has 0 aliphatic carbocycles. The molecule has 5 nitrogen and oxygen atoms in total. The van der Waals surface area contributed by atoms with E-state index in [9.17, 15) is 19.8 Å². The van der Waals surface area contributed by atoms with Crippen molar-refractivity contribution in [1.82, 2.24) is 0 Å². The molecular formula is C12H16NO4-. The van der Waals surface area contributed by atoms with Crippen LogP contribution in [-0.4, -0.2) is 32.6 Å². The van der Waals surface area contributed by atoms with Gasteiger partial charge in [0.1, 0.15) is 0 Å². The van der Waals surface area contributed by atoms with E-state index in [1.54, 1.807) is 0 Å². The van der Waals surface area contributed by atoms with Gasteiger partial charge in [0.25, 0.3) is 0 Å². The van der Waals surface area contributed by atoms with Crippen LogP contribution in [0.25, 0.3) is 0 Å². The first-order chi connectivity index (χ1) is 7.90. The van der Waals surface area contributed by atoms with Gasteiger partial charge in [-0.15, -0.1) is 0 Å². The summed E-state index contributed by atoms with van der Waals surface area (Å²) in [6, 6.07) is 5.14. The fourth-order valence-electron chi connectivity index (χ4n) is 0.839. The maximum atomic E-state index is 10.3. The summed E-state index contributed by atoms with van der Waals surface area (Å²) >= 11 is 0. The van der Waals surface area contributed by atoms with Crippen molar-refractivity contribution in [2.45, 2.75) is 6.92 Å². The molecule has 0 aliphatic rings. The Kier molecular flexibility index (Phi) is 6.58. The predicted octanol–water partition coefficient (Wildman–Crippen LogP) is -2.44. The van der Waals surface area contributed by atoms with Gasteiger partial charge in [0.2, 0.25) is 0 Å². The van der Waals surface area contributed by atoms with Gasteiger partial charge in [-0.25, -0.2) is 0 Å². The molecule has 0 atom stereocenters. The maximum absolute atomic E-state index is 10.3. The van der Waals surface area contributed by atoms with E-state index in [-0.39, 0.29) is 11.1 Å². The SMILES string of the molecule is CC[NH+](C)C.O=C([O-])c1ccccc1C(=O)[O-]. The molecule has 0 heterocycles. The number of quaternary nitrogens is 1. The predicted molar refractivity (Wildman–Crippen MR) is 58.5 cm³/mol. The topological polar surface area (TPSA) is 84.7 Å². The molecule has 1 aromatic carbocycles. The number of hydrogen-bond donors (Lipinski definition) is 1. The maximum Gasteiger partial charge on any atom is 0.0738 e. The Labute approximate surface area is 100 Å². The van der Waals surface area contributed by atoms with E-state index in [4.69, 9.17) is 0 Å². The van der Waals surface area contributed by atoms with Crippen molar-refractivity contribution in [3.8, 4) is 0 Å². The lowest BCUT2D eigenvalue weighted by Crippen LogP contribution is -3.05. The van der Waals surface area contributed by atoms with Crippen LogP contribution in [-0.2, 0) is 0 Å². The quantitative estimate of drug-likeness (QED) is 0.634. The zero-order chi connectivity index (χ0) is 13.4. The molecule has 94 valence electrons. The van der Waals surface area contributed by atoms with Gasteiger partial charge < -0.3 is 24.7 Å². The molecule has 0 aliphatic heterocycles. The zero-order valence-electron chi connectivity index (χ0n) is 10.1. The number of carboxylic acid groups (broad SMARTS) is 2. The minimum absolute atomic E-state index is 0.363. The molecule has 0 amide bonds. The first kappa shape index (κ1) is 15.1. The van der Waals surface area contributed by atoms with Crippen molar-refractivity contribution >= 4 is 11.9 Å². The molecule has 0 radical (unpaired) electrons. The normalized spacial score (nSPS) is 9.41. The Hall–Kier alpha value is -1.88. The molecule has 0 fully saturated rings. The van der Waals surface area contributed by atoms with Crippen molar-refractivity contribution in [3.63, 3.8) is 0 Å². The van der Waals surface area contributed by atoms with E-state index in [0.29, 0.717) is 0 Å². The molecule has 0 saturated carbocycles. The van der Waals surface area contributed by atoms with E-state index in [0.717, 1.165) is 12.1 Å². The highest BCUT2D eigenvalue weighted by Crippen LogP contribution is 2.05. The van der Waals surface area contributed by atoms with Gasteiger partial charge in [0, 0.05) is 11.1 Å². The second-order valence-electron chi connectivity index (χ2n) is 3.68. The summed E-state index contributed by atoms with van der Waals surface area (Å²) < 4.78 is 0. The lowest BCUT2D eigenvalue weighted by Gasteiger charge is -2.09. The molecule has 1 rings (SSSR count). The van der Waals surface area contributed by atoms with Crippen LogP contribution in [0.1, 0.15) is 27.6 Å². The number of nitrogens with one attached hydrogen (secondary N) is 1. The van der Waals surface area contributed by atoms with Crippen LogP contribution >= 0.6 is 0 Å². The van der Waals surface area contributed by atoms with Gasteiger partial charge in [0.15, 0.2) is 0 Å². The van der Waals surface area contributed by atoms with Crippen molar-refractivity contribution in [2.24, 2.45) is 0 Å². The van der Waals surface area contributed by atoms with Crippen LogP contribution in [0.5, 0.6) is 0 Å². The van der Waals surface area contributed by atoms with Gasteiger partial charge in [-0.2, -0.15) is 0 Å². The lowest BCUT2D eigenvalue weighted by molar-refractivity contribution is -0.856. The minimum atomic E-state index is -1.52. The van der Waals surface area contributed by atoms with Crippen LogP contribution in [0.2, 0.25) is 0 Å². The van der Waals surface area contributed by atoms with Gasteiger partial charge >= 0.3 is 0 Å². The molecule has 1 aromatic rings. The van der Waals surface area contributed by atoms with Crippen LogP contribution in [0.3, 0.4) is 0 Å². The number of hydrogen-bond acceptors (Lipinski definition) is 4. The van der Waals surface area contributed by atoms with Crippen LogP contribution in [0, 0.1) is 0 Å². The van der Waals surface area contributed by atoms with Gasteiger partial charge in [0.05, 0.1) is 32.6 Å². The van der Waals surface area contributed by atoms with Crippen LogP contribution in [0.4, 0.5) is 0 Å². The molecule has 0 unspecified atom stereocenters. The largest absolute Gasteiger partial charge is 0.545 e. The Balaban J connectivity index is 0.000000437. The average Bonchev–Trinajstić information content (AvgIpc) is 2.29. The molecule has 0 bridgehead atoms. The van der Waals surface area contributed by atoms with E-state index >= 15 is 0 Å². The fourth-order valence-corrected chi connectivity index (χ4v) is 0.839. The molecule has 0 saturated heterocycles. The monoisotopic (exact) mass is 238 g/mol. The van der Waals surface area contributed by atoms with Gasteiger partial charge in [-0.1, -0.05) is 24.3 Å². The number of carbonyl (C=O) groups excluding carboxylic acids is 2. The summed E-state index contributed by atoms with van der Waals surface area (Å²) in [5.74, 6) is -3.04. The highest BCUT2D eigenvalue weighted by molar-refractivity contribution is 5.99. The first-order valence-corrected chi connectivity index (χ1v) is 5.20. The summed E-state index contributed by atoms with van der Waals surface area (Å²) in [5, 5.41) is 20.6. The second kappa shape index (κ2) is 7.40. The third-order valence-electron chi connectivity index (χ3n) is 2.07. The van der Waals surface area contributed by atoms with Crippen LogP contribution in [0.15, 0.2) is 24.3 Å². The summed E-state index contributed by atoms with van der Waals surface area (Å²) in [6.07, 6.45) is 0. The number of aromatic carboxylic acids is 2. The number of benzene rings is 1. The van der Waals surface area contributed by atoms with Crippen LogP contribution < -0.4 is 15.1 Å². The molecule has 5 heteroatoms. The van der Waals surface area contributed by atoms with Crippen molar-refractivity contribution in [3.05, 3.63) is 35.4 Å². The first-order valence-electron chi connectivity index (χ1n) is 5.20. The lowest BCUT2D eigenvalue weighted by atomic mass is 10.1. The highest BCUT2D eigenvalue weighted by Gasteiger charge is 2.01. The Morgan fingerprint density at radius 3 is 1.53 bits per heavy atom. The van der Waals surface area contributed by atoms with E-state index in [1.807, 2.05) is 0 Å². The van der Waals surface area contributed by atoms with E-state index < -0.39 is 11.9 Å². The standard InChI is InChI=1S/C8H6O4.C4H11N/c9-7(10)5-3-1-2-4-6(5)8(11)12;1-4-5(2)3/h1-4H,(H,9,10)(H,11,12);4H2,1-3H3/p-1. The molecule has 1 N–H and O–H groups in total. The molecule has 0 aromatic heterocycles. The van der Waals surface area contributed by atoms with E-state index in [1.165, 1.54) is 23.6 Å². The molecular weight excluding hydrogens is 222 g/mol. The summed E-state index contributed by atoms with van der Waals surface area (Å²) in [7, 11) is 4.28. The smallest absolute Gasteiger partial charge is 0.0738 e. The third kappa shape index (κ3) is 5.67. The third-order valence-corrected chi connectivity index (χ3v) is 2.07. The Morgan fingerprint density at radius 2 is 1.35 bits per heavy atom. The number of carbonyl (C=O) groups is 2. The number of rotatable bonds is 3. The van der Waals surface area contributed by atoms with E-state index in [2.05, 4.69) is 21.0 Å². The van der Waals surface area contributed by atoms with Crippen molar-refractivity contribution < 1.29 is 24.7 Å².